The number of aromatic nitrogens is 3. The number of aryl methyl sites for hydroxylation is 1. The van der Waals surface area contributed by atoms with Crippen molar-refractivity contribution in [2.75, 3.05) is 7.11 Å². The molecule has 1 aliphatic carbocycles. The van der Waals surface area contributed by atoms with Gasteiger partial charge in [0.1, 0.15) is 11.3 Å². The first-order chi connectivity index (χ1) is 14.1. The van der Waals surface area contributed by atoms with E-state index in [9.17, 15) is 14.7 Å². The second-order valence-electron chi connectivity index (χ2n) is 7.68. The van der Waals surface area contributed by atoms with Crippen LogP contribution in [0.1, 0.15) is 42.5 Å². The van der Waals surface area contributed by atoms with Gasteiger partial charge in [0.25, 0.3) is 5.56 Å². The summed E-state index contributed by atoms with van der Waals surface area (Å²) >= 11 is 0. The lowest BCUT2D eigenvalue weighted by molar-refractivity contribution is 0.0600. The number of esters is 1. The van der Waals surface area contributed by atoms with Crippen molar-refractivity contribution in [1.29, 1.82) is 0 Å². The molecule has 1 aromatic rings. The summed E-state index contributed by atoms with van der Waals surface area (Å²) in [6, 6.07) is 9.15. The molecule has 1 aromatic carbocycles. The van der Waals surface area contributed by atoms with E-state index in [0.29, 0.717) is 29.4 Å². The average Bonchev–Trinajstić information content (AvgIpc) is 3.09. The van der Waals surface area contributed by atoms with Crippen LogP contribution in [0.25, 0.3) is 16.9 Å². The number of nitrogens with zero attached hydrogens (tertiary/aromatic N) is 3. The van der Waals surface area contributed by atoms with Crippen molar-refractivity contribution in [3.63, 3.8) is 0 Å². The van der Waals surface area contributed by atoms with E-state index < -0.39 is 5.97 Å². The summed E-state index contributed by atoms with van der Waals surface area (Å²) in [4.78, 5) is 25.4. The molecule has 4 rings (SSSR count). The van der Waals surface area contributed by atoms with Gasteiger partial charge >= 0.3 is 5.97 Å². The van der Waals surface area contributed by atoms with E-state index in [1.165, 1.54) is 11.8 Å². The van der Waals surface area contributed by atoms with Crippen LogP contribution >= 0.6 is 0 Å². The number of ether oxygens (including phenoxy) is 1. The molecule has 0 bridgehead atoms. The molecule has 1 saturated carbocycles. The largest absolute Gasteiger partial charge is 0.465 e. The molecule has 0 aromatic heterocycles. The highest BCUT2D eigenvalue weighted by Gasteiger charge is 2.25. The molecule has 7 nitrogen and oxygen atoms in total. The standard InChI is InChI=1S/C22H25N3O4/c1-29-22(28)19-14-24(12-11-15-7-9-17(26)10-8-15)13-18-20(19)23-25(21(18)27)16-5-3-2-4-6-16/h2-6,13-15,17,26H,7-12H2,1H3. The second-order valence-corrected chi connectivity index (χ2v) is 7.68. The van der Waals surface area contributed by atoms with E-state index in [2.05, 4.69) is 5.10 Å². The van der Waals surface area contributed by atoms with E-state index in [1.54, 1.807) is 24.5 Å². The number of methoxy groups -OCH3 is 1. The Morgan fingerprint density at radius 1 is 1.17 bits per heavy atom. The monoisotopic (exact) mass is 395 g/mol. The van der Waals surface area contributed by atoms with Gasteiger partial charge in [-0.2, -0.15) is 9.78 Å². The molecule has 152 valence electrons. The molecule has 0 amide bonds. The number of para-hydroxylation sites is 1. The number of rotatable bonds is 5. The zero-order valence-corrected chi connectivity index (χ0v) is 16.5. The summed E-state index contributed by atoms with van der Waals surface area (Å²) in [5, 5.41) is 14.1. The van der Waals surface area contributed by atoms with Crippen LogP contribution in [0.3, 0.4) is 0 Å². The SMILES string of the molecule is COC(=O)c1cn(CCC2CCC(O)CC2)cc2c(=O)n(-c3ccccc3)nc1-2. The van der Waals surface area contributed by atoms with Gasteiger partial charge in [0.2, 0.25) is 0 Å². The highest BCUT2D eigenvalue weighted by molar-refractivity contribution is 5.96. The minimum absolute atomic E-state index is 0.173. The number of carbonyl (C=O) groups is 1. The zero-order chi connectivity index (χ0) is 20.4. The Bertz CT molecular complexity index is 1020. The lowest BCUT2D eigenvalue weighted by Crippen LogP contribution is -2.20. The van der Waals surface area contributed by atoms with E-state index in [-0.39, 0.29) is 17.2 Å². The van der Waals surface area contributed by atoms with Crippen molar-refractivity contribution >= 4 is 5.97 Å². The lowest BCUT2D eigenvalue weighted by Gasteiger charge is -2.25. The van der Waals surface area contributed by atoms with E-state index >= 15 is 0 Å². The first-order valence-corrected chi connectivity index (χ1v) is 10.0. The number of fused-ring (bicyclic) bond motifs is 1. The van der Waals surface area contributed by atoms with Crippen LogP contribution in [0.4, 0.5) is 0 Å². The Morgan fingerprint density at radius 2 is 1.90 bits per heavy atom. The number of hydrogen-bond donors (Lipinski definition) is 1. The maximum Gasteiger partial charge on any atom is 0.341 e. The number of aliphatic hydroxyl groups excluding tert-OH is 1. The Balaban J connectivity index is 1.69. The van der Waals surface area contributed by atoms with Crippen LogP contribution < -0.4 is 5.56 Å². The number of aliphatic hydroxyl groups is 1. The van der Waals surface area contributed by atoms with Crippen LogP contribution in [0, 0.1) is 5.92 Å². The number of pyridine rings is 1. The summed E-state index contributed by atoms with van der Waals surface area (Å²) in [5.74, 6) is 0.0322. The van der Waals surface area contributed by atoms with Crippen LogP contribution in [0.15, 0.2) is 47.5 Å². The molecular weight excluding hydrogens is 370 g/mol. The molecule has 0 radical (unpaired) electrons. The Kier molecular flexibility index (Phi) is 5.49. The average molecular weight is 395 g/mol. The molecule has 0 spiro atoms. The van der Waals surface area contributed by atoms with Gasteiger partial charge < -0.3 is 14.4 Å². The molecule has 1 N–H and O–H groups in total. The lowest BCUT2D eigenvalue weighted by atomic mass is 9.85. The van der Waals surface area contributed by atoms with Gasteiger partial charge in [-0.05, 0) is 50.2 Å². The van der Waals surface area contributed by atoms with E-state index in [1.807, 2.05) is 22.8 Å². The molecule has 2 heterocycles. The molecule has 0 unspecified atom stereocenters. The first kappa shape index (κ1) is 19.4. The number of hydrogen-bond acceptors (Lipinski definition) is 5. The topological polar surface area (TPSA) is 86.4 Å². The Morgan fingerprint density at radius 3 is 2.59 bits per heavy atom. The highest BCUT2D eigenvalue weighted by atomic mass is 16.5. The van der Waals surface area contributed by atoms with Crippen LogP contribution in [-0.4, -0.2) is 38.6 Å². The van der Waals surface area contributed by atoms with Crippen molar-refractivity contribution in [2.45, 2.75) is 44.8 Å². The number of carbonyl (C=O) groups excluding carboxylic acids is 1. The van der Waals surface area contributed by atoms with E-state index in [0.717, 1.165) is 32.1 Å². The van der Waals surface area contributed by atoms with Gasteiger partial charge in [-0.3, -0.25) is 4.79 Å². The van der Waals surface area contributed by atoms with Gasteiger partial charge in [0.05, 0.1) is 24.5 Å². The Labute approximate surface area is 168 Å². The fraction of sp³-hybridized carbons (Fsp3) is 0.409. The molecule has 29 heavy (non-hydrogen) atoms. The highest BCUT2D eigenvalue weighted by Crippen LogP contribution is 2.28. The van der Waals surface area contributed by atoms with Crippen LogP contribution in [0.5, 0.6) is 0 Å². The Hall–Kier alpha value is -2.93. The minimum atomic E-state index is -0.511. The van der Waals surface area contributed by atoms with Crippen molar-refractivity contribution in [1.82, 2.24) is 14.3 Å². The van der Waals surface area contributed by atoms with E-state index in [4.69, 9.17) is 4.74 Å². The molecule has 1 fully saturated rings. The third kappa shape index (κ3) is 3.96. The smallest absolute Gasteiger partial charge is 0.341 e. The fourth-order valence-corrected chi connectivity index (χ4v) is 4.06. The summed E-state index contributed by atoms with van der Waals surface area (Å²) < 4.78 is 8.14. The predicted molar refractivity (Wildman–Crippen MR) is 108 cm³/mol. The van der Waals surface area contributed by atoms with Crippen LogP contribution in [0.2, 0.25) is 0 Å². The normalized spacial score (nSPS) is 19.4. The molecule has 0 saturated heterocycles. The minimum Gasteiger partial charge on any atom is -0.465 e. The maximum atomic E-state index is 13.0. The predicted octanol–water partition coefficient (Wildman–Crippen LogP) is 2.87. The summed E-state index contributed by atoms with van der Waals surface area (Å²) in [5.41, 5.74) is 1.43. The summed E-state index contributed by atoms with van der Waals surface area (Å²) in [7, 11) is 1.32. The third-order valence-corrected chi connectivity index (χ3v) is 5.74. The summed E-state index contributed by atoms with van der Waals surface area (Å²) in [6.45, 7) is 0.691. The molecule has 0 atom stereocenters. The van der Waals surface area contributed by atoms with Gasteiger partial charge in [-0.15, -0.1) is 0 Å². The van der Waals surface area contributed by atoms with Crippen molar-refractivity contribution in [3.05, 3.63) is 58.6 Å². The molecule has 7 heteroatoms. The van der Waals surface area contributed by atoms with Gasteiger partial charge in [0, 0.05) is 18.9 Å². The van der Waals surface area contributed by atoms with Crippen molar-refractivity contribution < 1.29 is 14.6 Å². The first-order valence-electron chi connectivity index (χ1n) is 10.0. The van der Waals surface area contributed by atoms with Crippen LogP contribution in [-0.2, 0) is 11.3 Å². The summed E-state index contributed by atoms with van der Waals surface area (Å²) in [6.07, 6.45) is 7.95. The molecule has 3 aliphatic rings. The second kappa shape index (κ2) is 8.21. The van der Waals surface area contributed by atoms with Crippen molar-refractivity contribution in [2.24, 2.45) is 5.92 Å². The van der Waals surface area contributed by atoms with Gasteiger partial charge in [0.15, 0.2) is 0 Å². The number of benzene rings is 1. The van der Waals surface area contributed by atoms with Gasteiger partial charge in [-0.25, -0.2) is 4.79 Å². The maximum absolute atomic E-state index is 13.0. The quantitative estimate of drug-likeness (QED) is 0.672. The fourth-order valence-electron chi connectivity index (χ4n) is 4.06. The van der Waals surface area contributed by atoms with Crippen molar-refractivity contribution in [3.8, 4) is 16.9 Å². The third-order valence-electron chi connectivity index (χ3n) is 5.74. The van der Waals surface area contributed by atoms with Gasteiger partial charge in [-0.1, -0.05) is 18.2 Å². The zero-order valence-electron chi connectivity index (χ0n) is 16.5. The molecule has 2 aliphatic heterocycles. The molecular formula is C22H25N3O4.